The van der Waals surface area contributed by atoms with Crippen LogP contribution in [0.2, 0.25) is 0 Å². The first-order valence-corrected chi connectivity index (χ1v) is 8.21. The lowest BCUT2D eigenvalue weighted by Gasteiger charge is -2.26. The molecule has 114 valence electrons. The Morgan fingerprint density at radius 3 is 2.48 bits per heavy atom. The summed E-state index contributed by atoms with van der Waals surface area (Å²) in [6.45, 7) is 7.25. The van der Waals surface area contributed by atoms with Gasteiger partial charge in [0, 0.05) is 24.4 Å². The molecule has 3 nitrogen and oxygen atoms in total. The molecule has 0 saturated heterocycles. The maximum Gasteiger partial charge on any atom is 0.0978 e. The summed E-state index contributed by atoms with van der Waals surface area (Å²) in [5.41, 5.74) is 2.34. The molecule has 0 saturated carbocycles. The molecule has 2 rings (SSSR count). The average molecular weight is 304 g/mol. The molecule has 0 bridgehead atoms. The maximum absolute atomic E-state index is 5.77. The van der Waals surface area contributed by atoms with E-state index in [-0.39, 0.29) is 12.1 Å². The number of thiazole rings is 1. The van der Waals surface area contributed by atoms with E-state index >= 15 is 0 Å². The van der Waals surface area contributed by atoms with Crippen LogP contribution in [0.5, 0.6) is 0 Å². The third-order valence-electron chi connectivity index (χ3n) is 3.68. The molecule has 2 unspecified atom stereocenters. The highest BCUT2D eigenvalue weighted by atomic mass is 32.1. The number of aryl methyl sites for hydroxylation is 2. The van der Waals surface area contributed by atoms with Crippen LogP contribution in [-0.2, 0) is 11.2 Å². The van der Waals surface area contributed by atoms with Crippen LogP contribution in [0, 0.1) is 13.8 Å². The van der Waals surface area contributed by atoms with Gasteiger partial charge in [0.05, 0.1) is 16.8 Å². The Morgan fingerprint density at radius 1 is 1.24 bits per heavy atom. The number of aromatic nitrogens is 1. The van der Waals surface area contributed by atoms with Gasteiger partial charge in [-0.1, -0.05) is 37.3 Å². The molecule has 1 heterocycles. The fourth-order valence-corrected chi connectivity index (χ4v) is 3.53. The highest BCUT2D eigenvalue weighted by Gasteiger charge is 2.23. The van der Waals surface area contributed by atoms with Gasteiger partial charge in [0.1, 0.15) is 0 Å². The molecular formula is C17H24N2OS. The predicted molar refractivity (Wildman–Crippen MR) is 88.9 cm³/mol. The van der Waals surface area contributed by atoms with Crippen molar-refractivity contribution in [2.24, 2.45) is 0 Å². The Bertz CT molecular complexity index is 534. The van der Waals surface area contributed by atoms with Crippen molar-refractivity contribution in [3.8, 4) is 0 Å². The number of nitrogens with one attached hydrogen (secondary N) is 1. The van der Waals surface area contributed by atoms with Crippen molar-refractivity contribution in [2.75, 3.05) is 13.7 Å². The number of benzene rings is 1. The Balaban J connectivity index is 2.20. The predicted octanol–water partition coefficient (Wildman–Crippen LogP) is 3.67. The SMILES string of the molecule is CCNC(Cc1nc(C)c(C)s1)C(OC)c1ccccc1. The monoisotopic (exact) mass is 304 g/mol. The summed E-state index contributed by atoms with van der Waals surface area (Å²) in [5, 5.41) is 4.73. The third kappa shape index (κ3) is 4.13. The van der Waals surface area contributed by atoms with Crippen molar-refractivity contribution >= 4 is 11.3 Å². The molecule has 0 fully saturated rings. The second-order valence-corrected chi connectivity index (χ2v) is 6.47. The van der Waals surface area contributed by atoms with Gasteiger partial charge in [-0.2, -0.15) is 0 Å². The zero-order chi connectivity index (χ0) is 15.2. The molecule has 0 radical (unpaired) electrons. The average Bonchev–Trinajstić information content (AvgIpc) is 2.79. The van der Waals surface area contributed by atoms with E-state index in [2.05, 4.69) is 55.3 Å². The van der Waals surface area contributed by atoms with Gasteiger partial charge in [-0.05, 0) is 26.0 Å². The van der Waals surface area contributed by atoms with Crippen LogP contribution in [0.1, 0.15) is 34.2 Å². The quantitative estimate of drug-likeness (QED) is 0.847. The molecule has 1 N–H and O–H groups in total. The van der Waals surface area contributed by atoms with Crippen molar-refractivity contribution in [1.29, 1.82) is 0 Å². The Hall–Kier alpha value is -1.23. The molecule has 0 spiro atoms. The lowest BCUT2D eigenvalue weighted by Crippen LogP contribution is -2.37. The van der Waals surface area contributed by atoms with Crippen LogP contribution in [0.15, 0.2) is 30.3 Å². The van der Waals surface area contributed by atoms with Gasteiger partial charge >= 0.3 is 0 Å². The molecule has 1 aromatic heterocycles. The molecule has 2 aromatic rings. The van der Waals surface area contributed by atoms with Gasteiger partial charge in [-0.3, -0.25) is 0 Å². The van der Waals surface area contributed by atoms with Gasteiger partial charge in [0.2, 0.25) is 0 Å². The lowest BCUT2D eigenvalue weighted by atomic mass is 9.99. The molecule has 4 heteroatoms. The fraction of sp³-hybridized carbons (Fsp3) is 0.471. The Kier molecular flexibility index (Phi) is 5.91. The minimum absolute atomic E-state index is 0.0377. The molecule has 2 atom stereocenters. The largest absolute Gasteiger partial charge is 0.375 e. The summed E-state index contributed by atoms with van der Waals surface area (Å²) in [7, 11) is 1.78. The van der Waals surface area contributed by atoms with Crippen molar-refractivity contribution in [3.05, 3.63) is 51.5 Å². The number of hydrogen-bond acceptors (Lipinski definition) is 4. The molecule has 21 heavy (non-hydrogen) atoms. The van der Waals surface area contributed by atoms with Crippen molar-refractivity contribution < 1.29 is 4.74 Å². The van der Waals surface area contributed by atoms with Crippen LogP contribution in [0.3, 0.4) is 0 Å². The normalized spacial score (nSPS) is 14.1. The van der Waals surface area contributed by atoms with E-state index in [9.17, 15) is 0 Å². The van der Waals surface area contributed by atoms with Crippen molar-refractivity contribution in [2.45, 2.75) is 39.3 Å². The van der Waals surface area contributed by atoms with E-state index in [0.29, 0.717) is 0 Å². The summed E-state index contributed by atoms with van der Waals surface area (Å²) in [5.74, 6) is 0. The fourth-order valence-electron chi connectivity index (χ4n) is 2.54. The summed E-state index contributed by atoms with van der Waals surface area (Å²) in [6.07, 6.45) is 0.927. The first-order chi connectivity index (χ1) is 10.2. The number of likely N-dealkylation sites (N-methyl/N-ethyl adjacent to an activating group) is 1. The number of methoxy groups -OCH3 is 1. The van der Waals surface area contributed by atoms with Crippen LogP contribution in [0.25, 0.3) is 0 Å². The number of rotatable bonds is 7. The first-order valence-electron chi connectivity index (χ1n) is 7.39. The lowest BCUT2D eigenvalue weighted by molar-refractivity contribution is 0.0683. The van der Waals surface area contributed by atoms with E-state index in [0.717, 1.165) is 18.7 Å². The van der Waals surface area contributed by atoms with Crippen molar-refractivity contribution in [3.63, 3.8) is 0 Å². The Morgan fingerprint density at radius 2 is 1.95 bits per heavy atom. The minimum atomic E-state index is 0.0377. The van der Waals surface area contributed by atoms with E-state index in [4.69, 9.17) is 4.74 Å². The standard InChI is InChI=1S/C17H24N2OS/c1-5-18-15(11-16-19-12(2)13(3)21-16)17(20-4)14-9-7-6-8-10-14/h6-10,15,17-18H,5,11H2,1-4H3. The molecule has 0 amide bonds. The summed E-state index contributed by atoms with van der Waals surface area (Å²) in [6, 6.07) is 10.6. The van der Waals surface area contributed by atoms with Gasteiger partial charge in [0.15, 0.2) is 0 Å². The highest BCUT2D eigenvalue weighted by Crippen LogP contribution is 2.25. The molecule has 0 aliphatic carbocycles. The summed E-state index contributed by atoms with van der Waals surface area (Å²) < 4.78 is 5.77. The van der Waals surface area contributed by atoms with Gasteiger partial charge in [0.25, 0.3) is 0 Å². The summed E-state index contributed by atoms with van der Waals surface area (Å²) >= 11 is 1.78. The van der Waals surface area contributed by atoms with Crippen molar-refractivity contribution in [1.82, 2.24) is 10.3 Å². The van der Waals surface area contributed by atoms with E-state index in [1.165, 1.54) is 15.4 Å². The topological polar surface area (TPSA) is 34.2 Å². The number of hydrogen-bond donors (Lipinski definition) is 1. The Labute approximate surface area is 131 Å². The molecule has 0 aliphatic rings. The van der Waals surface area contributed by atoms with Crippen LogP contribution in [-0.4, -0.2) is 24.7 Å². The number of nitrogens with zero attached hydrogens (tertiary/aromatic N) is 1. The van der Waals surface area contributed by atoms with Crippen LogP contribution < -0.4 is 5.32 Å². The zero-order valence-electron chi connectivity index (χ0n) is 13.2. The zero-order valence-corrected chi connectivity index (χ0v) is 14.0. The van der Waals surface area contributed by atoms with Gasteiger partial charge in [-0.15, -0.1) is 11.3 Å². The summed E-state index contributed by atoms with van der Waals surface area (Å²) in [4.78, 5) is 5.97. The van der Waals surface area contributed by atoms with Gasteiger partial charge < -0.3 is 10.1 Å². The van der Waals surface area contributed by atoms with E-state index in [1.807, 2.05) is 6.07 Å². The minimum Gasteiger partial charge on any atom is -0.375 e. The third-order valence-corrected chi connectivity index (χ3v) is 4.78. The second-order valence-electron chi connectivity index (χ2n) is 5.18. The second kappa shape index (κ2) is 7.69. The van der Waals surface area contributed by atoms with E-state index in [1.54, 1.807) is 18.4 Å². The molecular weight excluding hydrogens is 280 g/mol. The van der Waals surface area contributed by atoms with Gasteiger partial charge in [-0.25, -0.2) is 4.98 Å². The number of ether oxygens (including phenoxy) is 1. The smallest absolute Gasteiger partial charge is 0.0978 e. The van der Waals surface area contributed by atoms with Crippen LogP contribution in [0.4, 0.5) is 0 Å². The molecule has 1 aromatic carbocycles. The van der Waals surface area contributed by atoms with E-state index < -0.39 is 0 Å². The van der Waals surface area contributed by atoms with Crippen LogP contribution >= 0.6 is 11.3 Å². The maximum atomic E-state index is 5.77. The first kappa shape index (κ1) is 16.1. The highest BCUT2D eigenvalue weighted by molar-refractivity contribution is 7.11. The molecule has 0 aliphatic heterocycles.